The standard InChI is InChI=1S/C8H15F/c1-6-4-3-5-8(9)7(6)2/h6-8H,3-5H2,1-2H3/t6-,7-,8+/m0/s1. The summed E-state index contributed by atoms with van der Waals surface area (Å²) in [6.45, 7) is 4.17. The van der Waals surface area contributed by atoms with Crippen LogP contribution in [0.4, 0.5) is 4.39 Å². The summed E-state index contributed by atoms with van der Waals surface area (Å²) in [4.78, 5) is 0. The molecule has 0 unspecified atom stereocenters. The molecule has 1 aliphatic carbocycles. The number of hydrogen-bond acceptors (Lipinski definition) is 0. The van der Waals surface area contributed by atoms with Gasteiger partial charge in [0.15, 0.2) is 0 Å². The molecule has 9 heavy (non-hydrogen) atoms. The molecular formula is C8H15F. The molecule has 0 aromatic rings. The van der Waals surface area contributed by atoms with Gasteiger partial charge in [-0.1, -0.05) is 26.7 Å². The molecule has 0 spiro atoms. The van der Waals surface area contributed by atoms with Crippen LogP contribution in [0.1, 0.15) is 33.1 Å². The van der Waals surface area contributed by atoms with Crippen LogP contribution in [0.25, 0.3) is 0 Å². The van der Waals surface area contributed by atoms with Crippen molar-refractivity contribution in [2.24, 2.45) is 11.8 Å². The van der Waals surface area contributed by atoms with E-state index in [2.05, 4.69) is 6.92 Å². The van der Waals surface area contributed by atoms with Gasteiger partial charge in [-0.15, -0.1) is 0 Å². The zero-order chi connectivity index (χ0) is 6.85. The van der Waals surface area contributed by atoms with Crippen LogP contribution in [0, 0.1) is 11.8 Å². The van der Waals surface area contributed by atoms with Crippen LogP contribution in [0.5, 0.6) is 0 Å². The minimum absolute atomic E-state index is 0.304. The van der Waals surface area contributed by atoms with Crippen molar-refractivity contribution in [1.29, 1.82) is 0 Å². The van der Waals surface area contributed by atoms with Crippen LogP contribution in [-0.2, 0) is 0 Å². The molecule has 0 saturated heterocycles. The first-order chi connectivity index (χ1) is 4.22. The highest BCUT2D eigenvalue weighted by Crippen LogP contribution is 2.31. The van der Waals surface area contributed by atoms with Crippen LogP contribution in [-0.4, -0.2) is 6.17 Å². The highest BCUT2D eigenvalue weighted by molar-refractivity contribution is 4.75. The molecule has 0 aliphatic heterocycles. The summed E-state index contributed by atoms with van der Waals surface area (Å²) in [5.41, 5.74) is 0. The zero-order valence-electron chi connectivity index (χ0n) is 6.23. The van der Waals surface area contributed by atoms with Gasteiger partial charge in [0.05, 0.1) is 0 Å². The first-order valence-electron chi connectivity index (χ1n) is 3.86. The smallest absolute Gasteiger partial charge is 0.103 e. The predicted octanol–water partition coefficient (Wildman–Crippen LogP) is 2.78. The molecule has 0 heterocycles. The lowest BCUT2D eigenvalue weighted by atomic mass is 9.80. The highest BCUT2D eigenvalue weighted by atomic mass is 19.1. The maximum atomic E-state index is 12.8. The predicted molar refractivity (Wildman–Crippen MR) is 37.1 cm³/mol. The highest BCUT2D eigenvalue weighted by Gasteiger charge is 2.26. The minimum atomic E-state index is -0.520. The van der Waals surface area contributed by atoms with Gasteiger partial charge in [-0.25, -0.2) is 4.39 Å². The van der Waals surface area contributed by atoms with Crippen LogP contribution >= 0.6 is 0 Å². The van der Waals surface area contributed by atoms with Gasteiger partial charge in [-0.2, -0.15) is 0 Å². The molecule has 1 aliphatic rings. The molecular weight excluding hydrogens is 115 g/mol. The fourth-order valence-corrected chi connectivity index (χ4v) is 1.52. The van der Waals surface area contributed by atoms with Crippen LogP contribution in [0.2, 0.25) is 0 Å². The number of hydrogen-bond donors (Lipinski definition) is 0. The Balaban J connectivity index is 2.41. The largest absolute Gasteiger partial charge is 0.247 e. The van der Waals surface area contributed by atoms with Crippen molar-refractivity contribution in [3.8, 4) is 0 Å². The Bertz CT molecular complexity index is 80.6. The fraction of sp³-hybridized carbons (Fsp3) is 1.00. The summed E-state index contributed by atoms with van der Waals surface area (Å²) in [5, 5.41) is 0. The second-order valence-electron chi connectivity index (χ2n) is 3.28. The summed E-state index contributed by atoms with van der Waals surface area (Å²) in [6, 6.07) is 0. The molecule has 1 rings (SSSR count). The Morgan fingerprint density at radius 1 is 1.22 bits per heavy atom. The van der Waals surface area contributed by atoms with E-state index in [0.717, 1.165) is 12.8 Å². The number of alkyl halides is 1. The van der Waals surface area contributed by atoms with E-state index in [1.807, 2.05) is 6.92 Å². The van der Waals surface area contributed by atoms with E-state index in [9.17, 15) is 4.39 Å². The number of rotatable bonds is 0. The van der Waals surface area contributed by atoms with Gasteiger partial charge in [-0.05, 0) is 18.3 Å². The van der Waals surface area contributed by atoms with E-state index >= 15 is 0 Å². The Labute approximate surface area is 56.5 Å². The van der Waals surface area contributed by atoms with E-state index in [4.69, 9.17) is 0 Å². The normalized spacial score (nSPS) is 45.0. The zero-order valence-corrected chi connectivity index (χ0v) is 6.23. The van der Waals surface area contributed by atoms with E-state index in [0.29, 0.717) is 11.8 Å². The van der Waals surface area contributed by atoms with Crippen molar-refractivity contribution in [2.75, 3.05) is 0 Å². The maximum absolute atomic E-state index is 12.8. The van der Waals surface area contributed by atoms with Crippen LogP contribution < -0.4 is 0 Å². The third-order valence-corrected chi connectivity index (χ3v) is 2.61. The molecule has 1 saturated carbocycles. The topological polar surface area (TPSA) is 0 Å². The first-order valence-corrected chi connectivity index (χ1v) is 3.86. The number of halogens is 1. The van der Waals surface area contributed by atoms with Crippen LogP contribution in [0.15, 0.2) is 0 Å². The quantitative estimate of drug-likeness (QED) is 0.473. The van der Waals surface area contributed by atoms with Gasteiger partial charge in [0.2, 0.25) is 0 Å². The van der Waals surface area contributed by atoms with Gasteiger partial charge in [0.1, 0.15) is 6.17 Å². The Morgan fingerprint density at radius 3 is 2.33 bits per heavy atom. The van der Waals surface area contributed by atoms with E-state index in [-0.39, 0.29) is 0 Å². The van der Waals surface area contributed by atoms with Gasteiger partial charge in [0, 0.05) is 0 Å². The minimum Gasteiger partial charge on any atom is -0.247 e. The third-order valence-electron chi connectivity index (χ3n) is 2.61. The summed E-state index contributed by atoms with van der Waals surface area (Å²) in [7, 11) is 0. The maximum Gasteiger partial charge on any atom is 0.103 e. The fourth-order valence-electron chi connectivity index (χ4n) is 1.52. The second-order valence-corrected chi connectivity index (χ2v) is 3.28. The SMILES string of the molecule is C[C@@H]1[C@H](F)CCC[C@@H]1C. The van der Waals surface area contributed by atoms with Crippen molar-refractivity contribution in [3.05, 3.63) is 0 Å². The summed E-state index contributed by atoms with van der Waals surface area (Å²) in [6.07, 6.45) is 2.59. The second kappa shape index (κ2) is 2.68. The van der Waals surface area contributed by atoms with Gasteiger partial charge in [-0.3, -0.25) is 0 Å². The average molecular weight is 130 g/mol. The lowest BCUT2D eigenvalue weighted by Gasteiger charge is -2.28. The van der Waals surface area contributed by atoms with Crippen molar-refractivity contribution < 1.29 is 4.39 Å². The summed E-state index contributed by atoms with van der Waals surface area (Å²) >= 11 is 0. The first kappa shape index (κ1) is 7.04. The van der Waals surface area contributed by atoms with Crippen molar-refractivity contribution in [3.63, 3.8) is 0 Å². The van der Waals surface area contributed by atoms with Gasteiger partial charge < -0.3 is 0 Å². The lowest BCUT2D eigenvalue weighted by Crippen LogP contribution is -2.24. The molecule has 0 bridgehead atoms. The van der Waals surface area contributed by atoms with Crippen LogP contribution in [0.3, 0.4) is 0 Å². The molecule has 3 atom stereocenters. The average Bonchev–Trinajstić information content (AvgIpc) is 1.83. The monoisotopic (exact) mass is 130 g/mol. The Morgan fingerprint density at radius 2 is 1.89 bits per heavy atom. The van der Waals surface area contributed by atoms with Gasteiger partial charge in [0.25, 0.3) is 0 Å². The summed E-state index contributed by atoms with van der Waals surface area (Å²) < 4.78 is 12.8. The molecule has 0 N–H and O–H groups in total. The molecule has 0 aromatic heterocycles. The van der Waals surface area contributed by atoms with Crippen molar-refractivity contribution in [2.45, 2.75) is 39.3 Å². The molecule has 0 radical (unpaired) electrons. The van der Waals surface area contributed by atoms with Gasteiger partial charge >= 0.3 is 0 Å². The third kappa shape index (κ3) is 1.44. The lowest BCUT2D eigenvalue weighted by molar-refractivity contribution is 0.130. The van der Waals surface area contributed by atoms with Crippen molar-refractivity contribution >= 4 is 0 Å². The van der Waals surface area contributed by atoms with Crippen molar-refractivity contribution in [1.82, 2.24) is 0 Å². The van der Waals surface area contributed by atoms with E-state index < -0.39 is 6.17 Å². The Hall–Kier alpha value is -0.0700. The molecule has 0 amide bonds. The molecule has 1 heteroatoms. The molecule has 0 aromatic carbocycles. The Kier molecular flexibility index (Phi) is 2.09. The molecule has 54 valence electrons. The molecule has 0 nitrogen and oxygen atoms in total. The van der Waals surface area contributed by atoms with E-state index in [1.165, 1.54) is 6.42 Å². The van der Waals surface area contributed by atoms with E-state index in [1.54, 1.807) is 0 Å². The molecule has 1 fully saturated rings. The summed E-state index contributed by atoms with van der Waals surface area (Å²) in [5.74, 6) is 0.910.